The average Bonchev–Trinajstić information content (AvgIpc) is 2.23. The predicted molar refractivity (Wildman–Crippen MR) is 68.7 cm³/mol. The monoisotopic (exact) mass is 209 g/mol. The van der Waals surface area contributed by atoms with Gasteiger partial charge in [-0.05, 0) is 19.3 Å². The van der Waals surface area contributed by atoms with Crippen molar-refractivity contribution in [2.75, 3.05) is 0 Å². The van der Waals surface area contributed by atoms with Crippen LogP contribution in [0.2, 0.25) is 0 Å². The molecule has 0 rings (SSSR count). The van der Waals surface area contributed by atoms with Crippen LogP contribution in [0.3, 0.4) is 0 Å². The van der Waals surface area contributed by atoms with E-state index in [-0.39, 0.29) is 0 Å². The third-order valence-electron chi connectivity index (χ3n) is 2.82. The third kappa shape index (κ3) is 11.4. The van der Waals surface area contributed by atoms with Gasteiger partial charge in [0.25, 0.3) is 0 Å². The van der Waals surface area contributed by atoms with Crippen molar-refractivity contribution in [3.8, 4) is 12.3 Å². The molecule has 1 nitrogen and oxygen atoms in total. The van der Waals surface area contributed by atoms with Crippen molar-refractivity contribution in [3.63, 3.8) is 0 Å². The zero-order chi connectivity index (χ0) is 11.4. The maximum absolute atomic E-state index is 5.99. The Morgan fingerprint density at radius 1 is 1.00 bits per heavy atom. The number of unbranched alkanes of at least 4 members (excludes halogenated alkanes) is 6. The van der Waals surface area contributed by atoms with E-state index in [1.54, 1.807) is 0 Å². The van der Waals surface area contributed by atoms with E-state index in [1.807, 2.05) is 0 Å². The van der Waals surface area contributed by atoms with E-state index in [1.165, 1.54) is 44.9 Å². The van der Waals surface area contributed by atoms with Crippen molar-refractivity contribution in [3.05, 3.63) is 0 Å². The zero-order valence-corrected chi connectivity index (χ0v) is 10.3. The third-order valence-corrected chi connectivity index (χ3v) is 2.82. The van der Waals surface area contributed by atoms with E-state index >= 15 is 0 Å². The van der Waals surface area contributed by atoms with E-state index in [4.69, 9.17) is 12.2 Å². The summed E-state index contributed by atoms with van der Waals surface area (Å²) in [5.41, 5.74) is 5.99. The van der Waals surface area contributed by atoms with Gasteiger partial charge in [0.05, 0.1) is 0 Å². The topological polar surface area (TPSA) is 26.0 Å². The van der Waals surface area contributed by atoms with Crippen molar-refractivity contribution >= 4 is 0 Å². The molecule has 1 unspecified atom stereocenters. The number of rotatable bonds is 10. The molecule has 0 aliphatic heterocycles. The molecule has 1 atom stereocenters. The Kier molecular flexibility index (Phi) is 11.2. The predicted octanol–water partition coefficient (Wildman–Crippen LogP) is 3.87. The van der Waals surface area contributed by atoms with E-state index in [0.717, 1.165) is 19.3 Å². The summed E-state index contributed by atoms with van der Waals surface area (Å²) in [4.78, 5) is 0. The van der Waals surface area contributed by atoms with Gasteiger partial charge in [-0.15, -0.1) is 12.3 Å². The number of hydrogen-bond acceptors (Lipinski definition) is 1. The molecule has 0 saturated carbocycles. The van der Waals surface area contributed by atoms with Gasteiger partial charge in [0, 0.05) is 12.5 Å². The lowest BCUT2D eigenvalue weighted by molar-refractivity contribution is 0.503. The van der Waals surface area contributed by atoms with Crippen LogP contribution >= 0.6 is 0 Å². The molecule has 0 heterocycles. The fourth-order valence-corrected chi connectivity index (χ4v) is 1.80. The zero-order valence-electron chi connectivity index (χ0n) is 10.3. The molecule has 0 bridgehead atoms. The SMILES string of the molecule is C#CCCCC(N)CCCCCCCC. The lowest BCUT2D eigenvalue weighted by Gasteiger charge is -2.09. The fraction of sp³-hybridized carbons (Fsp3) is 0.857. The molecule has 2 N–H and O–H groups in total. The normalized spacial score (nSPS) is 12.3. The van der Waals surface area contributed by atoms with Gasteiger partial charge in [0.1, 0.15) is 0 Å². The Balaban J connectivity index is 3.10. The quantitative estimate of drug-likeness (QED) is 0.429. The van der Waals surface area contributed by atoms with Gasteiger partial charge < -0.3 is 5.73 Å². The second kappa shape index (κ2) is 11.6. The highest BCUT2D eigenvalue weighted by atomic mass is 14.6. The van der Waals surface area contributed by atoms with Gasteiger partial charge in [-0.1, -0.05) is 45.4 Å². The van der Waals surface area contributed by atoms with Crippen LogP contribution in [0.4, 0.5) is 0 Å². The van der Waals surface area contributed by atoms with Crippen LogP contribution in [0.15, 0.2) is 0 Å². The number of terminal acetylenes is 1. The Morgan fingerprint density at radius 3 is 2.27 bits per heavy atom. The molecule has 0 aromatic heterocycles. The first kappa shape index (κ1) is 14.5. The molecule has 0 radical (unpaired) electrons. The van der Waals surface area contributed by atoms with Gasteiger partial charge >= 0.3 is 0 Å². The highest BCUT2D eigenvalue weighted by molar-refractivity contribution is 4.83. The Labute approximate surface area is 95.8 Å². The number of hydrogen-bond donors (Lipinski definition) is 1. The van der Waals surface area contributed by atoms with E-state index < -0.39 is 0 Å². The molecule has 0 spiro atoms. The molecule has 0 aromatic rings. The van der Waals surface area contributed by atoms with E-state index in [2.05, 4.69) is 12.8 Å². The first-order valence-electron chi connectivity index (χ1n) is 6.50. The van der Waals surface area contributed by atoms with E-state index in [0.29, 0.717) is 6.04 Å². The minimum absolute atomic E-state index is 0.379. The summed E-state index contributed by atoms with van der Waals surface area (Å²) < 4.78 is 0. The Hall–Kier alpha value is -0.480. The van der Waals surface area contributed by atoms with Crippen molar-refractivity contribution in [2.45, 2.75) is 77.2 Å². The molecule has 88 valence electrons. The maximum Gasteiger partial charge on any atom is 0.00866 e. The molecular weight excluding hydrogens is 182 g/mol. The molecular formula is C14H27N. The summed E-state index contributed by atoms with van der Waals surface area (Å²) in [6.07, 6.45) is 17.6. The Bertz CT molecular complexity index is 157. The largest absolute Gasteiger partial charge is 0.328 e. The standard InChI is InChI=1S/C14H27N/c1-3-5-7-8-9-11-13-14(15)12-10-6-4-2/h2,14H,3,5-13,15H2,1H3. The molecule has 0 aliphatic carbocycles. The van der Waals surface area contributed by atoms with Crippen molar-refractivity contribution in [1.29, 1.82) is 0 Å². The van der Waals surface area contributed by atoms with Crippen LogP contribution in [0, 0.1) is 12.3 Å². The van der Waals surface area contributed by atoms with Crippen molar-refractivity contribution in [1.82, 2.24) is 0 Å². The molecule has 0 fully saturated rings. The summed E-state index contributed by atoms with van der Waals surface area (Å²) >= 11 is 0. The molecule has 0 aromatic carbocycles. The fourth-order valence-electron chi connectivity index (χ4n) is 1.80. The van der Waals surface area contributed by atoms with Gasteiger partial charge in [-0.3, -0.25) is 0 Å². The van der Waals surface area contributed by atoms with Gasteiger partial charge in [-0.25, -0.2) is 0 Å². The first-order chi connectivity index (χ1) is 7.31. The van der Waals surface area contributed by atoms with Gasteiger partial charge in [0.15, 0.2) is 0 Å². The summed E-state index contributed by atoms with van der Waals surface area (Å²) in [5.74, 6) is 2.66. The van der Waals surface area contributed by atoms with Crippen LogP contribution in [-0.4, -0.2) is 6.04 Å². The lowest BCUT2D eigenvalue weighted by Crippen LogP contribution is -2.19. The van der Waals surface area contributed by atoms with Gasteiger partial charge in [-0.2, -0.15) is 0 Å². The van der Waals surface area contributed by atoms with Crippen LogP contribution in [0.5, 0.6) is 0 Å². The first-order valence-corrected chi connectivity index (χ1v) is 6.50. The summed E-state index contributed by atoms with van der Waals surface area (Å²) in [7, 11) is 0. The minimum atomic E-state index is 0.379. The van der Waals surface area contributed by atoms with Crippen LogP contribution in [0.1, 0.15) is 71.1 Å². The number of nitrogens with two attached hydrogens (primary N) is 1. The molecule has 15 heavy (non-hydrogen) atoms. The smallest absolute Gasteiger partial charge is 0.00866 e. The summed E-state index contributed by atoms with van der Waals surface area (Å²) in [5, 5.41) is 0. The lowest BCUT2D eigenvalue weighted by atomic mass is 10.0. The Morgan fingerprint density at radius 2 is 1.60 bits per heavy atom. The van der Waals surface area contributed by atoms with Crippen LogP contribution < -0.4 is 5.73 Å². The van der Waals surface area contributed by atoms with Crippen LogP contribution in [-0.2, 0) is 0 Å². The van der Waals surface area contributed by atoms with Crippen LogP contribution in [0.25, 0.3) is 0 Å². The van der Waals surface area contributed by atoms with Crippen molar-refractivity contribution in [2.24, 2.45) is 5.73 Å². The second-order valence-corrected chi connectivity index (χ2v) is 4.41. The summed E-state index contributed by atoms with van der Waals surface area (Å²) in [6.45, 7) is 2.25. The molecule has 0 aliphatic rings. The van der Waals surface area contributed by atoms with E-state index in [9.17, 15) is 0 Å². The molecule has 0 saturated heterocycles. The van der Waals surface area contributed by atoms with Crippen molar-refractivity contribution < 1.29 is 0 Å². The maximum atomic E-state index is 5.99. The summed E-state index contributed by atoms with van der Waals surface area (Å²) in [6, 6.07) is 0.379. The minimum Gasteiger partial charge on any atom is -0.328 e. The molecule has 0 amide bonds. The van der Waals surface area contributed by atoms with Gasteiger partial charge in [0.2, 0.25) is 0 Å². The average molecular weight is 209 g/mol. The second-order valence-electron chi connectivity index (χ2n) is 4.41. The molecule has 1 heteroatoms. The highest BCUT2D eigenvalue weighted by Crippen LogP contribution is 2.10. The highest BCUT2D eigenvalue weighted by Gasteiger charge is 2.01.